The molecule has 6 nitrogen and oxygen atoms in total. The second kappa shape index (κ2) is 10.0. The minimum absolute atomic E-state index is 0.0741. The van der Waals surface area contributed by atoms with Crippen LogP contribution in [0.2, 0.25) is 5.02 Å². The van der Waals surface area contributed by atoms with Crippen molar-refractivity contribution in [1.29, 1.82) is 0 Å². The van der Waals surface area contributed by atoms with Gasteiger partial charge in [-0.1, -0.05) is 54.1 Å². The summed E-state index contributed by atoms with van der Waals surface area (Å²) in [6.45, 7) is 4.48. The second-order valence-electron chi connectivity index (χ2n) is 9.80. The van der Waals surface area contributed by atoms with Gasteiger partial charge >= 0.3 is 5.97 Å². The molecule has 2 aliphatic rings. The molecule has 3 aromatic carbocycles. The fourth-order valence-electron chi connectivity index (χ4n) is 5.05. The molecule has 0 bridgehead atoms. The Morgan fingerprint density at radius 2 is 1.81 bits per heavy atom. The molecule has 188 valence electrons. The third kappa shape index (κ3) is 5.01. The lowest BCUT2D eigenvalue weighted by Gasteiger charge is -2.50. The summed E-state index contributed by atoms with van der Waals surface area (Å²) in [7, 11) is 0. The fraction of sp³-hybridized carbons (Fsp3) is 0.345. The Bertz CT molecular complexity index is 1230. The first-order chi connectivity index (χ1) is 17.3. The van der Waals surface area contributed by atoms with Crippen LogP contribution in [-0.2, 0) is 16.1 Å². The highest BCUT2D eigenvalue weighted by molar-refractivity contribution is 6.32. The maximum absolute atomic E-state index is 12.2. The van der Waals surface area contributed by atoms with Crippen molar-refractivity contribution in [2.75, 3.05) is 6.61 Å². The highest BCUT2D eigenvalue weighted by Crippen LogP contribution is 2.52. The number of hydrogen-bond donors (Lipinski definition) is 1. The van der Waals surface area contributed by atoms with Gasteiger partial charge in [0, 0.05) is 11.5 Å². The summed E-state index contributed by atoms with van der Waals surface area (Å²) in [5.74, 6) is 0.101. The molecule has 36 heavy (non-hydrogen) atoms. The molecule has 0 spiro atoms. The third-order valence-corrected chi connectivity index (χ3v) is 7.31. The number of rotatable bonds is 7. The van der Waals surface area contributed by atoms with E-state index in [2.05, 4.69) is 0 Å². The average Bonchev–Trinajstić information content (AvgIpc) is 2.87. The second-order valence-corrected chi connectivity index (χ2v) is 10.2. The SMILES string of the molecule is CC1(C)Oc2ccc(OCc3ccccc3)cc2[C@H]2O[C@@H](COc3ccccc3Cl)[C@@H](C(=O)O)C[C@@H]21. The number of fused-ring (bicyclic) bond motifs is 3. The van der Waals surface area contributed by atoms with Crippen molar-refractivity contribution in [2.45, 2.75) is 44.7 Å². The molecule has 0 radical (unpaired) electrons. The molecule has 0 amide bonds. The first-order valence-corrected chi connectivity index (χ1v) is 12.4. The molecular weight excluding hydrogens is 480 g/mol. The Balaban J connectivity index is 1.40. The zero-order valence-corrected chi connectivity index (χ0v) is 21.0. The van der Waals surface area contributed by atoms with Crippen molar-refractivity contribution in [1.82, 2.24) is 0 Å². The van der Waals surface area contributed by atoms with E-state index in [1.54, 1.807) is 12.1 Å². The van der Waals surface area contributed by atoms with E-state index in [1.807, 2.05) is 74.5 Å². The number of carboxylic acid groups (broad SMARTS) is 1. The monoisotopic (exact) mass is 508 g/mol. The molecule has 0 unspecified atom stereocenters. The summed E-state index contributed by atoms with van der Waals surface area (Å²) in [5, 5.41) is 10.5. The number of carboxylic acids is 1. The van der Waals surface area contributed by atoms with Gasteiger partial charge in [-0.05, 0) is 56.2 Å². The first-order valence-electron chi connectivity index (χ1n) is 12.1. The molecule has 1 N–H and O–H groups in total. The van der Waals surface area contributed by atoms with Crippen LogP contribution in [-0.4, -0.2) is 29.4 Å². The number of hydrogen-bond acceptors (Lipinski definition) is 5. The molecule has 1 fully saturated rings. The third-order valence-electron chi connectivity index (χ3n) is 7.00. The van der Waals surface area contributed by atoms with Crippen LogP contribution in [0.4, 0.5) is 0 Å². The van der Waals surface area contributed by atoms with E-state index in [1.165, 1.54) is 0 Å². The molecule has 2 heterocycles. The average molecular weight is 509 g/mol. The number of aliphatic carboxylic acids is 1. The quantitative estimate of drug-likeness (QED) is 0.403. The van der Waals surface area contributed by atoms with E-state index >= 15 is 0 Å². The molecular formula is C29H29ClO6. The zero-order chi connectivity index (χ0) is 25.3. The van der Waals surface area contributed by atoms with Gasteiger partial charge in [-0.2, -0.15) is 0 Å². The van der Waals surface area contributed by atoms with Crippen molar-refractivity contribution in [3.63, 3.8) is 0 Å². The molecule has 3 aromatic rings. The number of carbonyl (C=O) groups is 1. The van der Waals surface area contributed by atoms with Crippen LogP contribution in [0.5, 0.6) is 17.2 Å². The van der Waals surface area contributed by atoms with Gasteiger partial charge in [0.1, 0.15) is 42.2 Å². The van der Waals surface area contributed by atoms with Gasteiger partial charge in [0.05, 0.1) is 17.0 Å². The van der Waals surface area contributed by atoms with Crippen LogP contribution in [0.25, 0.3) is 0 Å². The van der Waals surface area contributed by atoms with Crippen molar-refractivity contribution < 1.29 is 28.8 Å². The Labute approximate surface area is 215 Å². The van der Waals surface area contributed by atoms with Crippen molar-refractivity contribution in [3.05, 3.63) is 88.9 Å². The summed E-state index contributed by atoms with van der Waals surface area (Å²) in [6, 6.07) is 22.8. The van der Waals surface area contributed by atoms with E-state index in [4.69, 9.17) is 30.5 Å². The van der Waals surface area contributed by atoms with Crippen LogP contribution in [0.15, 0.2) is 72.8 Å². The Morgan fingerprint density at radius 1 is 1.06 bits per heavy atom. The van der Waals surface area contributed by atoms with Gasteiger partial charge in [0.2, 0.25) is 0 Å². The van der Waals surface area contributed by atoms with Gasteiger partial charge in [0.25, 0.3) is 0 Å². The number of halogens is 1. The summed E-state index contributed by atoms with van der Waals surface area (Å²) in [4.78, 5) is 12.2. The topological polar surface area (TPSA) is 74.2 Å². The Kier molecular flexibility index (Phi) is 6.82. The zero-order valence-electron chi connectivity index (χ0n) is 20.2. The Morgan fingerprint density at radius 3 is 2.56 bits per heavy atom. The van der Waals surface area contributed by atoms with Gasteiger partial charge in [0.15, 0.2) is 0 Å². The van der Waals surface area contributed by atoms with Crippen molar-refractivity contribution in [3.8, 4) is 17.2 Å². The standard InChI is InChI=1S/C29H29ClO6/c1-29(2)22-15-21(28(31)32)26(17-34-25-11-7-6-10-23(25)30)35-27(22)20-14-19(12-13-24(20)36-29)33-16-18-8-4-3-5-9-18/h3-14,21-22,26-27H,15-17H2,1-2H3,(H,31,32)/t21-,22-,26-,27+/m0/s1. The van der Waals surface area contributed by atoms with Gasteiger partial charge in [-0.3, -0.25) is 4.79 Å². The minimum Gasteiger partial charge on any atom is -0.489 e. The maximum atomic E-state index is 12.2. The smallest absolute Gasteiger partial charge is 0.309 e. The molecule has 4 atom stereocenters. The lowest BCUT2D eigenvalue weighted by molar-refractivity contribution is -0.192. The summed E-state index contributed by atoms with van der Waals surface area (Å²) >= 11 is 6.23. The van der Waals surface area contributed by atoms with Gasteiger partial charge < -0.3 is 24.1 Å². The molecule has 0 saturated carbocycles. The van der Waals surface area contributed by atoms with E-state index in [9.17, 15) is 9.90 Å². The molecule has 7 heteroatoms. The van der Waals surface area contributed by atoms with E-state index in [0.717, 1.165) is 11.1 Å². The summed E-state index contributed by atoms with van der Waals surface area (Å²) in [6.07, 6.45) is -0.618. The first kappa shape index (κ1) is 24.5. The summed E-state index contributed by atoms with van der Waals surface area (Å²) in [5.41, 5.74) is 1.32. The Hall–Kier alpha value is -3.22. The van der Waals surface area contributed by atoms with E-state index in [0.29, 0.717) is 35.3 Å². The number of ether oxygens (including phenoxy) is 4. The minimum atomic E-state index is -0.914. The van der Waals surface area contributed by atoms with Crippen LogP contribution in [0.1, 0.15) is 37.5 Å². The number of para-hydroxylation sites is 1. The molecule has 2 aliphatic heterocycles. The highest BCUT2D eigenvalue weighted by Gasteiger charge is 2.52. The van der Waals surface area contributed by atoms with Crippen molar-refractivity contribution >= 4 is 17.6 Å². The number of benzene rings is 3. The van der Waals surface area contributed by atoms with E-state index < -0.39 is 23.6 Å². The maximum Gasteiger partial charge on any atom is 0.309 e. The van der Waals surface area contributed by atoms with Crippen molar-refractivity contribution in [2.24, 2.45) is 11.8 Å². The lowest BCUT2D eigenvalue weighted by atomic mass is 9.72. The molecule has 1 saturated heterocycles. The van der Waals surface area contributed by atoms with Gasteiger partial charge in [-0.15, -0.1) is 0 Å². The highest BCUT2D eigenvalue weighted by atomic mass is 35.5. The van der Waals surface area contributed by atoms with Gasteiger partial charge in [-0.25, -0.2) is 0 Å². The molecule has 0 aromatic heterocycles. The molecule has 0 aliphatic carbocycles. The van der Waals surface area contributed by atoms with Crippen LogP contribution in [0, 0.1) is 11.8 Å². The largest absolute Gasteiger partial charge is 0.489 e. The fourth-order valence-corrected chi connectivity index (χ4v) is 5.24. The predicted molar refractivity (Wildman–Crippen MR) is 136 cm³/mol. The van der Waals surface area contributed by atoms with Crippen LogP contribution >= 0.6 is 11.6 Å². The predicted octanol–water partition coefficient (Wildman–Crippen LogP) is 6.32. The summed E-state index contributed by atoms with van der Waals surface area (Å²) < 4.78 is 24.8. The van der Waals surface area contributed by atoms with E-state index in [-0.39, 0.29) is 18.6 Å². The van der Waals surface area contributed by atoms with Crippen LogP contribution in [0.3, 0.4) is 0 Å². The van der Waals surface area contributed by atoms with Crippen LogP contribution < -0.4 is 14.2 Å². The lowest BCUT2D eigenvalue weighted by Crippen LogP contribution is -2.53. The normalized spacial score (nSPS) is 24.1. The molecule has 5 rings (SSSR count).